The van der Waals surface area contributed by atoms with E-state index in [-0.39, 0.29) is 0 Å². The zero-order valence-electron chi connectivity index (χ0n) is 8.14. The molecule has 7 heteroatoms. The highest BCUT2D eigenvalue weighted by Crippen LogP contribution is 2.26. The maximum absolute atomic E-state index is 13.6. The van der Waals surface area contributed by atoms with Crippen molar-refractivity contribution in [1.29, 1.82) is 0 Å². The Hall–Kier alpha value is -1.30. The Balaban J connectivity index is 3.34. The molecule has 1 aromatic heterocycles. The molecule has 0 spiro atoms. The van der Waals surface area contributed by atoms with Gasteiger partial charge in [-0.3, -0.25) is 0 Å². The van der Waals surface area contributed by atoms with E-state index in [1.165, 1.54) is 0 Å². The van der Waals surface area contributed by atoms with E-state index in [0.29, 0.717) is 0 Å². The van der Waals surface area contributed by atoms with Gasteiger partial charge in [0, 0.05) is 17.3 Å². The number of rotatable bonds is 3. The lowest BCUT2D eigenvalue weighted by atomic mass is 10.1. The summed E-state index contributed by atoms with van der Waals surface area (Å²) < 4.78 is 42.7. The second kappa shape index (κ2) is 5.16. The monoisotopic (exact) mass is 253 g/mol. The van der Waals surface area contributed by atoms with Gasteiger partial charge in [-0.25, -0.2) is 22.9 Å². The van der Waals surface area contributed by atoms with Crippen molar-refractivity contribution in [2.24, 2.45) is 0 Å². The Labute approximate surface area is 94.2 Å². The molecular weight excluding hydrogens is 247 g/mol. The summed E-state index contributed by atoms with van der Waals surface area (Å²) >= 11 is 5.35. The number of pyridine rings is 1. The van der Waals surface area contributed by atoms with Gasteiger partial charge in [-0.1, -0.05) is 0 Å². The van der Waals surface area contributed by atoms with Crippen LogP contribution in [0, 0.1) is 5.82 Å². The number of carbonyl (C=O) groups excluding carboxylic acids is 1. The summed E-state index contributed by atoms with van der Waals surface area (Å²) in [6.07, 6.45) is -2.18. The first-order valence-electron chi connectivity index (χ1n) is 4.12. The van der Waals surface area contributed by atoms with E-state index in [4.69, 9.17) is 11.6 Å². The van der Waals surface area contributed by atoms with Crippen molar-refractivity contribution >= 4 is 17.6 Å². The molecule has 0 bridgehead atoms. The highest BCUT2D eigenvalue weighted by molar-refractivity contribution is 6.17. The van der Waals surface area contributed by atoms with E-state index in [2.05, 4.69) is 9.72 Å². The minimum Gasteiger partial charge on any atom is -0.464 e. The predicted octanol–water partition coefficient (Wildman–Crippen LogP) is 2.68. The lowest BCUT2D eigenvalue weighted by molar-refractivity contribution is 0.0587. The van der Waals surface area contributed by atoms with Crippen molar-refractivity contribution in [2.75, 3.05) is 7.11 Å². The van der Waals surface area contributed by atoms with Crippen LogP contribution in [0.4, 0.5) is 13.2 Å². The number of halogens is 4. The lowest BCUT2D eigenvalue weighted by Crippen LogP contribution is -2.11. The highest BCUT2D eigenvalue weighted by Gasteiger charge is 2.23. The SMILES string of the molecule is COC(=O)c1ncc(C(F)F)c(CCl)c1F. The summed E-state index contributed by atoms with van der Waals surface area (Å²) in [6.45, 7) is 0. The molecule has 0 saturated heterocycles. The largest absolute Gasteiger partial charge is 0.464 e. The van der Waals surface area contributed by atoms with Gasteiger partial charge in [0.2, 0.25) is 0 Å². The fourth-order valence-electron chi connectivity index (χ4n) is 1.10. The zero-order valence-corrected chi connectivity index (χ0v) is 8.89. The van der Waals surface area contributed by atoms with Crippen LogP contribution in [0.5, 0.6) is 0 Å². The van der Waals surface area contributed by atoms with Crippen LogP contribution in [-0.4, -0.2) is 18.1 Å². The molecule has 0 aliphatic rings. The number of esters is 1. The van der Waals surface area contributed by atoms with E-state index in [1.807, 2.05) is 0 Å². The topological polar surface area (TPSA) is 39.2 Å². The smallest absolute Gasteiger partial charge is 0.359 e. The Bertz CT molecular complexity index is 412. The molecule has 88 valence electrons. The number of alkyl halides is 3. The molecular formula is C9H7ClF3NO2. The Morgan fingerprint density at radius 3 is 2.69 bits per heavy atom. The summed E-state index contributed by atoms with van der Waals surface area (Å²) in [5, 5.41) is 0. The highest BCUT2D eigenvalue weighted by atomic mass is 35.5. The molecule has 0 unspecified atom stereocenters. The molecule has 0 aromatic carbocycles. The number of nitrogens with zero attached hydrogens (tertiary/aromatic N) is 1. The minimum atomic E-state index is -2.90. The molecule has 0 fully saturated rings. The maximum atomic E-state index is 13.6. The van der Waals surface area contributed by atoms with Crippen LogP contribution in [0.25, 0.3) is 0 Å². The molecule has 3 nitrogen and oxygen atoms in total. The Kier molecular flexibility index (Phi) is 4.12. The summed E-state index contributed by atoms with van der Waals surface area (Å²) in [5.41, 5.74) is -1.71. The van der Waals surface area contributed by atoms with Gasteiger partial charge in [-0.05, 0) is 0 Å². The van der Waals surface area contributed by atoms with Gasteiger partial charge in [-0.2, -0.15) is 0 Å². The third-order valence-electron chi connectivity index (χ3n) is 1.90. The van der Waals surface area contributed by atoms with Gasteiger partial charge in [0.1, 0.15) is 0 Å². The third-order valence-corrected chi connectivity index (χ3v) is 2.17. The maximum Gasteiger partial charge on any atom is 0.359 e. The third kappa shape index (κ3) is 2.27. The molecule has 1 aromatic rings. The number of aromatic nitrogens is 1. The van der Waals surface area contributed by atoms with E-state index >= 15 is 0 Å². The van der Waals surface area contributed by atoms with Gasteiger partial charge >= 0.3 is 5.97 Å². The Morgan fingerprint density at radius 1 is 1.62 bits per heavy atom. The van der Waals surface area contributed by atoms with Crippen molar-refractivity contribution in [3.05, 3.63) is 28.8 Å². The van der Waals surface area contributed by atoms with Gasteiger partial charge in [0.25, 0.3) is 6.43 Å². The molecule has 0 saturated carbocycles. The molecule has 0 radical (unpaired) electrons. The fraction of sp³-hybridized carbons (Fsp3) is 0.333. The average molecular weight is 254 g/mol. The molecule has 0 atom stereocenters. The van der Waals surface area contributed by atoms with E-state index in [9.17, 15) is 18.0 Å². The van der Waals surface area contributed by atoms with Crippen molar-refractivity contribution in [1.82, 2.24) is 4.98 Å². The molecule has 0 aliphatic carbocycles. The molecule has 0 N–H and O–H groups in total. The van der Waals surface area contributed by atoms with Crippen LogP contribution in [0.15, 0.2) is 6.20 Å². The molecule has 1 rings (SSSR count). The van der Waals surface area contributed by atoms with Crippen LogP contribution in [0.1, 0.15) is 28.0 Å². The lowest BCUT2D eigenvalue weighted by Gasteiger charge is -2.09. The van der Waals surface area contributed by atoms with E-state index in [0.717, 1.165) is 13.3 Å². The standard InChI is InChI=1S/C9H7ClF3NO2/c1-16-9(15)7-6(11)4(2-10)5(3-14-7)8(12)13/h3,8H,2H2,1H3. The average Bonchev–Trinajstić information content (AvgIpc) is 2.27. The van der Waals surface area contributed by atoms with Crippen molar-refractivity contribution < 1.29 is 22.7 Å². The minimum absolute atomic E-state index is 0.438. The van der Waals surface area contributed by atoms with Crippen molar-refractivity contribution in [3.8, 4) is 0 Å². The first kappa shape index (κ1) is 12.8. The summed E-state index contributed by atoms with van der Waals surface area (Å²) in [6, 6.07) is 0. The van der Waals surface area contributed by atoms with Crippen LogP contribution < -0.4 is 0 Å². The Morgan fingerprint density at radius 2 is 2.25 bits per heavy atom. The number of methoxy groups -OCH3 is 1. The van der Waals surface area contributed by atoms with E-state index in [1.54, 1.807) is 0 Å². The second-order valence-electron chi connectivity index (χ2n) is 2.78. The number of ether oxygens (including phenoxy) is 1. The van der Waals surface area contributed by atoms with Crippen molar-refractivity contribution in [3.63, 3.8) is 0 Å². The number of hydrogen-bond donors (Lipinski definition) is 0. The molecule has 0 amide bonds. The normalized spacial score (nSPS) is 10.6. The van der Waals surface area contributed by atoms with E-state index < -0.39 is 40.9 Å². The summed E-state index contributed by atoms with van der Waals surface area (Å²) in [5.74, 6) is -2.68. The van der Waals surface area contributed by atoms with Gasteiger partial charge in [0.05, 0.1) is 13.0 Å². The van der Waals surface area contributed by atoms with Gasteiger partial charge in [0.15, 0.2) is 11.5 Å². The first-order valence-corrected chi connectivity index (χ1v) is 4.66. The van der Waals surface area contributed by atoms with Crippen LogP contribution in [0.2, 0.25) is 0 Å². The number of carbonyl (C=O) groups is 1. The number of hydrogen-bond acceptors (Lipinski definition) is 3. The van der Waals surface area contributed by atoms with Crippen molar-refractivity contribution in [2.45, 2.75) is 12.3 Å². The second-order valence-corrected chi connectivity index (χ2v) is 3.05. The quantitative estimate of drug-likeness (QED) is 0.614. The summed E-state index contributed by atoms with van der Waals surface area (Å²) in [4.78, 5) is 14.3. The fourth-order valence-corrected chi connectivity index (χ4v) is 1.37. The van der Waals surface area contributed by atoms with Gasteiger partial charge < -0.3 is 4.74 Å². The predicted molar refractivity (Wildman–Crippen MR) is 50.0 cm³/mol. The van der Waals surface area contributed by atoms with Crippen LogP contribution >= 0.6 is 11.6 Å². The summed E-state index contributed by atoms with van der Waals surface area (Å²) in [7, 11) is 1.03. The van der Waals surface area contributed by atoms with Crippen LogP contribution in [0.3, 0.4) is 0 Å². The zero-order chi connectivity index (χ0) is 12.3. The first-order chi connectivity index (χ1) is 7.52. The van der Waals surface area contributed by atoms with Crippen LogP contribution in [-0.2, 0) is 10.6 Å². The molecule has 1 heterocycles. The molecule has 16 heavy (non-hydrogen) atoms. The van der Waals surface area contributed by atoms with Gasteiger partial charge in [-0.15, -0.1) is 11.6 Å². The molecule has 0 aliphatic heterocycles.